The van der Waals surface area contributed by atoms with Crippen molar-refractivity contribution in [3.63, 3.8) is 0 Å². The van der Waals surface area contributed by atoms with Crippen LogP contribution in [0.2, 0.25) is 0 Å². The maximum Gasteiger partial charge on any atom is 0.309 e. The molecule has 98 valence electrons. The van der Waals surface area contributed by atoms with Crippen molar-refractivity contribution in [2.45, 2.75) is 52.0 Å². The van der Waals surface area contributed by atoms with Crippen molar-refractivity contribution in [1.82, 2.24) is 9.55 Å². The highest BCUT2D eigenvalue weighted by Crippen LogP contribution is 2.21. The average Bonchev–Trinajstić information content (AvgIpc) is 2.69. The molecule has 0 radical (unpaired) electrons. The Hall–Kier alpha value is -1.58. The Morgan fingerprint density at radius 2 is 2.33 bits per heavy atom. The van der Waals surface area contributed by atoms with Gasteiger partial charge in [0.1, 0.15) is 0 Å². The Labute approximate surface area is 107 Å². The van der Waals surface area contributed by atoms with Crippen LogP contribution in [-0.2, 0) is 17.8 Å². The van der Waals surface area contributed by atoms with Gasteiger partial charge in [-0.3, -0.25) is 4.79 Å². The number of nitrogens with zero attached hydrogens (tertiary/aromatic N) is 2. The van der Waals surface area contributed by atoms with Gasteiger partial charge in [0.25, 0.3) is 0 Å². The smallest absolute Gasteiger partial charge is 0.309 e. The minimum atomic E-state index is -0.795. The largest absolute Gasteiger partial charge is 0.481 e. The molecule has 1 heterocycles. The van der Waals surface area contributed by atoms with E-state index in [1.54, 1.807) is 6.33 Å². The molecule has 0 spiro atoms. The first-order valence-corrected chi connectivity index (χ1v) is 6.57. The van der Waals surface area contributed by atoms with E-state index >= 15 is 0 Å². The molecule has 0 aromatic carbocycles. The molecule has 0 bridgehead atoms. The van der Waals surface area contributed by atoms with Crippen LogP contribution in [0.1, 0.15) is 43.5 Å². The zero-order valence-electron chi connectivity index (χ0n) is 10.9. The summed E-state index contributed by atoms with van der Waals surface area (Å²) in [6, 6.07) is 0. The van der Waals surface area contributed by atoms with Crippen LogP contribution in [0.25, 0.3) is 0 Å². The van der Waals surface area contributed by atoms with Crippen molar-refractivity contribution in [2.24, 2.45) is 0 Å². The lowest BCUT2D eigenvalue weighted by Crippen LogP contribution is -2.10. The molecule has 0 saturated carbocycles. The van der Waals surface area contributed by atoms with E-state index in [4.69, 9.17) is 5.11 Å². The van der Waals surface area contributed by atoms with E-state index < -0.39 is 5.97 Å². The number of hydrogen-bond donors (Lipinski definition) is 1. The molecule has 18 heavy (non-hydrogen) atoms. The zero-order valence-corrected chi connectivity index (χ0v) is 10.9. The Bertz CT molecular complexity index is 460. The van der Waals surface area contributed by atoms with E-state index in [2.05, 4.69) is 11.1 Å². The number of hydrogen-bond acceptors (Lipinski definition) is 2. The molecule has 0 fully saturated rings. The van der Waals surface area contributed by atoms with Gasteiger partial charge in [0, 0.05) is 6.54 Å². The highest BCUT2D eigenvalue weighted by Gasteiger charge is 2.12. The number of carboxylic acids is 1. The summed E-state index contributed by atoms with van der Waals surface area (Å²) in [6.07, 6.45) is 10.2. The number of rotatable bonds is 5. The van der Waals surface area contributed by atoms with E-state index in [0.29, 0.717) is 0 Å². The molecule has 0 saturated heterocycles. The van der Waals surface area contributed by atoms with Gasteiger partial charge in [-0.2, -0.15) is 0 Å². The first-order valence-electron chi connectivity index (χ1n) is 6.57. The number of aliphatic carboxylic acids is 1. The van der Waals surface area contributed by atoms with Gasteiger partial charge < -0.3 is 9.67 Å². The molecular weight excluding hydrogens is 228 g/mol. The summed E-state index contributed by atoms with van der Waals surface area (Å²) < 4.78 is 1.99. The molecule has 0 aliphatic heterocycles. The third-order valence-electron chi connectivity index (χ3n) is 3.53. The summed E-state index contributed by atoms with van der Waals surface area (Å²) in [5.41, 5.74) is 3.17. The van der Waals surface area contributed by atoms with Gasteiger partial charge >= 0.3 is 5.97 Å². The molecule has 0 amide bonds. The molecule has 2 rings (SSSR count). The summed E-state index contributed by atoms with van der Waals surface area (Å²) in [5.74, 6) is -0.795. The summed E-state index contributed by atoms with van der Waals surface area (Å²) in [5, 5.41) is 8.90. The van der Waals surface area contributed by atoms with Crippen molar-refractivity contribution < 1.29 is 9.90 Å². The molecule has 1 aliphatic rings. The predicted octanol–water partition coefficient (Wildman–Crippen LogP) is 2.71. The second-order valence-electron chi connectivity index (χ2n) is 4.90. The average molecular weight is 248 g/mol. The van der Waals surface area contributed by atoms with Crippen LogP contribution >= 0.6 is 0 Å². The molecule has 1 aliphatic carbocycles. The first kappa shape index (κ1) is 12.9. The lowest BCUT2D eigenvalue weighted by Gasteiger charge is -2.14. The topological polar surface area (TPSA) is 55.1 Å². The monoisotopic (exact) mass is 248 g/mol. The molecule has 1 aromatic rings. The lowest BCUT2D eigenvalue weighted by molar-refractivity contribution is -0.136. The van der Waals surface area contributed by atoms with Crippen molar-refractivity contribution in [2.75, 3.05) is 0 Å². The molecule has 1 aromatic heterocycles. The lowest BCUT2D eigenvalue weighted by atomic mass is 9.97. The third kappa shape index (κ3) is 3.22. The Balaban J connectivity index is 2.00. The molecule has 4 nitrogen and oxygen atoms in total. The van der Waals surface area contributed by atoms with Crippen LogP contribution < -0.4 is 0 Å². The molecule has 4 heteroatoms. The predicted molar refractivity (Wildman–Crippen MR) is 69.5 cm³/mol. The van der Waals surface area contributed by atoms with Gasteiger partial charge in [-0.25, -0.2) is 4.98 Å². The standard InChI is InChI=1S/C14H20N2O2/c1-11-13(9-14(17)18)16(10-15-11)8-7-12-5-3-2-4-6-12/h5,10H,2-4,6-9H2,1H3,(H,17,18). The minimum absolute atomic E-state index is 0.0604. The van der Waals surface area contributed by atoms with Crippen LogP contribution in [0.5, 0.6) is 0 Å². The van der Waals surface area contributed by atoms with Crippen LogP contribution in [0.4, 0.5) is 0 Å². The van der Waals surface area contributed by atoms with Gasteiger partial charge in [0.15, 0.2) is 0 Å². The summed E-state index contributed by atoms with van der Waals surface area (Å²) in [7, 11) is 0. The third-order valence-corrected chi connectivity index (χ3v) is 3.53. The van der Waals surface area contributed by atoms with Crippen LogP contribution in [0.15, 0.2) is 18.0 Å². The van der Waals surface area contributed by atoms with E-state index in [0.717, 1.165) is 24.4 Å². The van der Waals surface area contributed by atoms with Gasteiger partial charge in [-0.1, -0.05) is 11.6 Å². The number of carboxylic acid groups (broad SMARTS) is 1. The number of aryl methyl sites for hydroxylation is 2. The van der Waals surface area contributed by atoms with Gasteiger partial charge in [-0.15, -0.1) is 0 Å². The number of aromatic nitrogens is 2. The minimum Gasteiger partial charge on any atom is -0.481 e. The van der Waals surface area contributed by atoms with Crippen molar-refractivity contribution in [3.05, 3.63) is 29.4 Å². The summed E-state index contributed by atoms with van der Waals surface area (Å²) in [6.45, 7) is 2.71. The zero-order chi connectivity index (χ0) is 13.0. The van der Waals surface area contributed by atoms with E-state index in [9.17, 15) is 4.79 Å². The Morgan fingerprint density at radius 1 is 1.50 bits per heavy atom. The quantitative estimate of drug-likeness (QED) is 0.815. The number of allylic oxidation sites excluding steroid dienone is 2. The summed E-state index contributed by atoms with van der Waals surface area (Å²) in [4.78, 5) is 15.0. The van der Waals surface area contributed by atoms with Crippen molar-refractivity contribution in [3.8, 4) is 0 Å². The van der Waals surface area contributed by atoms with E-state index in [-0.39, 0.29) is 6.42 Å². The van der Waals surface area contributed by atoms with Gasteiger partial charge in [-0.05, 0) is 39.0 Å². The maximum atomic E-state index is 10.8. The van der Waals surface area contributed by atoms with Crippen molar-refractivity contribution >= 4 is 5.97 Å². The van der Waals surface area contributed by atoms with Crippen LogP contribution in [0, 0.1) is 6.92 Å². The van der Waals surface area contributed by atoms with Gasteiger partial charge in [0.05, 0.1) is 24.1 Å². The highest BCUT2D eigenvalue weighted by atomic mass is 16.4. The number of carbonyl (C=O) groups is 1. The Morgan fingerprint density at radius 3 is 3.00 bits per heavy atom. The summed E-state index contributed by atoms with van der Waals surface area (Å²) >= 11 is 0. The first-order chi connectivity index (χ1) is 8.66. The second-order valence-corrected chi connectivity index (χ2v) is 4.90. The second kappa shape index (κ2) is 5.85. The van der Waals surface area contributed by atoms with E-state index in [1.165, 1.54) is 31.3 Å². The Kier molecular flexibility index (Phi) is 4.18. The normalized spacial score (nSPS) is 15.5. The fraction of sp³-hybridized carbons (Fsp3) is 0.571. The van der Waals surface area contributed by atoms with Crippen molar-refractivity contribution in [1.29, 1.82) is 0 Å². The maximum absolute atomic E-state index is 10.8. The molecular formula is C14H20N2O2. The fourth-order valence-corrected chi connectivity index (χ4v) is 2.47. The highest BCUT2D eigenvalue weighted by molar-refractivity contribution is 5.69. The fourth-order valence-electron chi connectivity index (χ4n) is 2.47. The molecule has 1 N–H and O–H groups in total. The van der Waals surface area contributed by atoms with Crippen LogP contribution in [0.3, 0.4) is 0 Å². The van der Waals surface area contributed by atoms with E-state index in [1.807, 2.05) is 11.5 Å². The SMILES string of the molecule is Cc1ncn(CCC2=CCCCC2)c1CC(=O)O. The van der Waals surface area contributed by atoms with Crippen LogP contribution in [-0.4, -0.2) is 20.6 Å². The van der Waals surface area contributed by atoms with Gasteiger partial charge in [0.2, 0.25) is 0 Å². The molecule has 0 unspecified atom stereocenters. The molecule has 0 atom stereocenters. The number of imidazole rings is 1.